The number of nitrogens with zero attached hydrogens (tertiary/aromatic N) is 4. The number of benzene rings is 1. The Bertz CT molecular complexity index is 930. The summed E-state index contributed by atoms with van der Waals surface area (Å²) in [4.78, 5) is 27.5. The Morgan fingerprint density at radius 3 is 2.62 bits per heavy atom. The first-order valence-corrected chi connectivity index (χ1v) is 10.5. The second kappa shape index (κ2) is 10.1. The Balaban J connectivity index is 1.51. The highest BCUT2D eigenvalue weighted by atomic mass is 19.1. The normalized spacial score (nSPS) is 15.3. The number of rotatable bonds is 6. The first-order chi connectivity index (χ1) is 15.1. The van der Waals surface area contributed by atoms with E-state index in [1.807, 2.05) is 11.9 Å². The number of ether oxygens (including phenoxy) is 1. The topological polar surface area (TPSA) is 79.8 Å². The quantitative estimate of drug-likeness (QED) is 0.645. The van der Waals surface area contributed by atoms with Gasteiger partial charge in [-0.2, -0.15) is 0 Å². The van der Waals surface area contributed by atoms with E-state index in [9.17, 15) is 13.6 Å². The Kier molecular flexibility index (Phi) is 7.44. The minimum atomic E-state index is -0.691. The van der Waals surface area contributed by atoms with E-state index in [0.29, 0.717) is 30.6 Å². The lowest BCUT2D eigenvalue weighted by molar-refractivity contribution is -0.154. The summed E-state index contributed by atoms with van der Waals surface area (Å²) in [6, 6.07) is 4.88. The van der Waals surface area contributed by atoms with E-state index < -0.39 is 23.4 Å². The zero-order valence-corrected chi connectivity index (χ0v) is 18.8. The van der Waals surface area contributed by atoms with E-state index in [0.717, 1.165) is 37.6 Å². The third kappa shape index (κ3) is 7.01. The molecule has 10 heteroatoms. The molecule has 1 aliphatic heterocycles. The Hall–Kier alpha value is -3.01. The standard InChI is InChI=1S/C22H29F2N5O3/c1-22(2,3)31-21(30)32-29-9-7-15(8-10-29)13-28(4)20-12-19(25-14-26-20)27-18-11-16(23)5-6-17(18)24/h5-6,11-12,14-15H,7-10,13H2,1-4H3,(H,25,26,27). The van der Waals surface area contributed by atoms with Crippen LogP contribution < -0.4 is 10.2 Å². The van der Waals surface area contributed by atoms with Gasteiger partial charge in [0, 0.05) is 38.8 Å². The molecule has 1 aliphatic rings. The SMILES string of the molecule is CN(CC1CCN(OC(=O)OC(C)(C)C)CC1)c1cc(Nc2cc(F)ccc2F)ncn1. The zero-order chi connectivity index (χ0) is 23.3. The van der Waals surface area contributed by atoms with Crippen LogP contribution in [0.3, 0.4) is 0 Å². The Morgan fingerprint density at radius 1 is 1.22 bits per heavy atom. The number of hydroxylamine groups is 2. The molecule has 1 N–H and O–H groups in total. The van der Waals surface area contributed by atoms with Gasteiger partial charge in [0.25, 0.3) is 0 Å². The van der Waals surface area contributed by atoms with Crippen molar-refractivity contribution in [1.29, 1.82) is 0 Å². The highest BCUT2D eigenvalue weighted by Gasteiger charge is 2.26. The van der Waals surface area contributed by atoms with Crippen LogP contribution in [0.5, 0.6) is 0 Å². The van der Waals surface area contributed by atoms with Gasteiger partial charge in [-0.1, -0.05) is 0 Å². The maximum atomic E-state index is 13.9. The molecule has 0 bridgehead atoms. The van der Waals surface area contributed by atoms with Crippen LogP contribution in [-0.4, -0.2) is 53.5 Å². The third-order valence-corrected chi connectivity index (χ3v) is 4.93. The Morgan fingerprint density at radius 2 is 1.94 bits per heavy atom. The molecule has 0 amide bonds. The highest BCUT2D eigenvalue weighted by molar-refractivity contribution is 5.60. The molecule has 0 saturated carbocycles. The number of hydrogen-bond donors (Lipinski definition) is 1. The van der Waals surface area contributed by atoms with Gasteiger partial charge >= 0.3 is 6.16 Å². The molecule has 3 rings (SSSR count). The summed E-state index contributed by atoms with van der Waals surface area (Å²) in [7, 11) is 1.92. The van der Waals surface area contributed by atoms with E-state index in [1.54, 1.807) is 31.9 Å². The van der Waals surface area contributed by atoms with Crippen molar-refractivity contribution in [1.82, 2.24) is 15.0 Å². The fraction of sp³-hybridized carbons (Fsp3) is 0.500. The van der Waals surface area contributed by atoms with Gasteiger partial charge < -0.3 is 19.8 Å². The molecule has 0 aliphatic carbocycles. The first-order valence-electron chi connectivity index (χ1n) is 10.5. The zero-order valence-electron chi connectivity index (χ0n) is 18.8. The molecular formula is C22H29F2N5O3. The predicted molar refractivity (Wildman–Crippen MR) is 117 cm³/mol. The fourth-order valence-corrected chi connectivity index (χ4v) is 3.39. The van der Waals surface area contributed by atoms with Crippen LogP contribution in [0, 0.1) is 17.6 Å². The summed E-state index contributed by atoms with van der Waals surface area (Å²) in [5, 5.41) is 4.42. The van der Waals surface area contributed by atoms with Crippen molar-refractivity contribution >= 4 is 23.5 Å². The van der Waals surface area contributed by atoms with Gasteiger partial charge in [-0.25, -0.2) is 23.5 Å². The lowest BCUT2D eigenvalue weighted by Gasteiger charge is -2.33. The van der Waals surface area contributed by atoms with Gasteiger partial charge in [0.1, 0.15) is 35.2 Å². The molecule has 0 radical (unpaired) electrons. The number of nitrogens with one attached hydrogen (secondary N) is 1. The second-order valence-electron chi connectivity index (χ2n) is 8.82. The molecule has 2 aromatic rings. The van der Waals surface area contributed by atoms with Gasteiger partial charge in [0.2, 0.25) is 0 Å². The number of carbonyl (C=O) groups excluding carboxylic acids is 1. The number of hydrogen-bond acceptors (Lipinski definition) is 8. The van der Waals surface area contributed by atoms with Gasteiger partial charge in [-0.3, -0.25) is 0 Å². The van der Waals surface area contributed by atoms with E-state index in [4.69, 9.17) is 9.57 Å². The third-order valence-electron chi connectivity index (χ3n) is 4.93. The van der Waals surface area contributed by atoms with Crippen molar-refractivity contribution in [3.8, 4) is 0 Å². The molecule has 1 saturated heterocycles. The predicted octanol–water partition coefficient (Wildman–Crippen LogP) is 4.51. The van der Waals surface area contributed by atoms with Crippen molar-refractivity contribution in [3.63, 3.8) is 0 Å². The maximum Gasteiger partial charge on any atom is 0.528 e. The number of halogens is 2. The molecule has 2 heterocycles. The lowest BCUT2D eigenvalue weighted by atomic mass is 9.97. The average molecular weight is 450 g/mol. The van der Waals surface area contributed by atoms with Crippen LogP contribution >= 0.6 is 0 Å². The minimum absolute atomic E-state index is 0.00895. The van der Waals surface area contributed by atoms with Gasteiger partial charge in [0.05, 0.1) is 5.69 Å². The first kappa shape index (κ1) is 23.6. The molecule has 0 atom stereocenters. The largest absolute Gasteiger partial charge is 0.528 e. The molecule has 8 nitrogen and oxygen atoms in total. The van der Waals surface area contributed by atoms with Crippen LogP contribution in [-0.2, 0) is 9.57 Å². The van der Waals surface area contributed by atoms with Crippen molar-refractivity contribution < 1.29 is 23.1 Å². The summed E-state index contributed by atoms with van der Waals surface area (Å²) in [5.41, 5.74) is -0.584. The van der Waals surface area contributed by atoms with Crippen LogP contribution in [0.2, 0.25) is 0 Å². The summed E-state index contributed by atoms with van der Waals surface area (Å²) >= 11 is 0. The van der Waals surface area contributed by atoms with E-state index >= 15 is 0 Å². The smallest absolute Gasteiger partial charge is 0.427 e. The Labute approximate surface area is 186 Å². The summed E-state index contributed by atoms with van der Waals surface area (Å²) in [6.07, 6.45) is 2.38. The summed E-state index contributed by atoms with van der Waals surface area (Å²) in [5.74, 6) is 0.298. The van der Waals surface area contributed by atoms with E-state index in [-0.39, 0.29) is 5.69 Å². The van der Waals surface area contributed by atoms with Gasteiger partial charge in [0.15, 0.2) is 0 Å². The van der Waals surface area contributed by atoms with Crippen molar-refractivity contribution in [2.24, 2.45) is 5.92 Å². The number of carbonyl (C=O) groups is 1. The van der Waals surface area contributed by atoms with Crippen molar-refractivity contribution in [2.75, 3.05) is 36.9 Å². The molecule has 174 valence electrons. The highest BCUT2D eigenvalue weighted by Crippen LogP contribution is 2.24. The number of anilines is 3. The van der Waals surface area contributed by atoms with Crippen LogP contribution in [0.1, 0.15) is 33.6 Å². The molecule has 0 unspecified atom stereocenters. The molecular weight excluding hydrogens is 420 g/mol. The van der Waals surface area contributed by atoms with Crippen LogP contribution in [0.15, 0.2) is 30.6 Å². The number of aromatic nitrogens is 2. The van der Waals surface area contributed by atoms with E-state index in [1.165, 1.54) is 6.33 Å². The minimum Gasteiger partial charge on any atom is -0.427 e. The van der Waals surface area contributed by atoms with Crippen LogP contribution in [0.4, 0.5) is 30.9 Å². The van der Waals surface area contributed by atoms with Gasteiger partial charge in [-0.05, 0) is 51.7 Å². The summed E-state index contributed by atoms with van der Waals surface area (Å²) < 4.78 is 32.5. The van der Waals surface area contributed by atoms with E-state index in [2.05, 4.69) is 15.3 Å². The lowest BCUT2D eigenvalue weighted by Crippen LogP contribution is -2.40. The molecule has 1 fully saturated rings. The molecule has 1 aromatic heterocycles. The average Bonchev–Trinajstić information content (AvgIpc) is 2.71. The van der Waals surface area contributed by atoms with Crippen molar-refractivity contribution in [2.45, 2.75) is 39.2 Å². The molecule has 32 heavy (non-hydrogen) atoms. The van der Waals surface area contributed by atoms with Crippen LogP contribution in [0.25, 0.3) is 0 Å². The summed E-state index contributed by atoms with van der Waals surface area (Å²) in [6.45, 7) is 7.35. The monoisotopic (exact) mass is 449 g/mol. The second-order valence-corrected chi connectivity index (χ2v) is 8.82. The molecule has 1 aromatic carbocycles. The maximum absolute atomic E-state index is 13.9. The van der Waals surface area contributed by atoms with Gasteiger partial charge in [-0.15, -0.1) is 5.06 Å². The fourth-order valence-electron chi connectivity index (χ4n) is 3.39. The number of piperidine rings is 1. The van der Waals surface area contributed by atoms with Crippen molar-refractivity contribution in [3.05, 3.63) is 42.2 Å². The molecule has 0 spiro atoms.